The summed E-state index contributed by atoms with van der Waals surface area (Å²) in [6, 6.07) is 11.2. The zero-order valence-corrected chi connectivity index (χ0v) is 12.2. The molecule has 0 spiro atoms. The number of carbonyl (C=O) groups is 2. The number of nitrogens with zero attached hydrogens (tertiary/aromatic N) is 1. The molecule has 1 N–H and O–H groups in total. The fourth-order valence-corrected chi connectivity index (χ4v) is 2.37. The number of fused-ring (bicyclic) bond motifs is 1. The highest BCUT2D eigenvalue weighted by Crippen LogP contribution is 2.25. The lowest BCUT2D eigenvalue weighted by Gasteiger charge is -2.08. The van der Waals surface area contributed by atoms with Crippen LogP contribution in [0.5, 0.6) is 0 Å². The van der Waals surface area contributed by atoms with Gasteiger partial charge in [-0.1, -0.05) is 30.3 Å². The first-order valence-corrected chi connectivity index (χ1v) is 6.92. The standard InChI is InChI=1S/C17H11F2NO4/c18-11-6-13(19)12-8-15(16(21)22)20(14(12)7-11)17(23)24-9-10-4-2-1-3-5-10/h1-8H,9H2,(H,21,22). The van der Waals surface area contributed by atoms with Crippen LogP contribution >= 0.6 is 0 Å². The van der Waals surface area contributed by atoms with Crippen LogP contribution in [-0.4, -0.2) is 21.7 Å². The Hall–Kier alpha value is -3.22. The van der Waals surface area contributed by atoms with Crippen LogP contribution in [0.2, 0.25) is 0 Å². The van der Waals surface area contributed by atoms with Gasteiger partial charge in [-0.2, -0.15) is 0 Å². The molecule has 0 radical (unpaired) electrons. The summed E-state index contributed by atoms with van der Waals surface area (Å²) in [5.41, 5.74) is -0.0212. The third-order valence-corrected chi connectivity index (χ3v) is 3.44. The van der Waals surface area contributed by atoms with Gasteiger partial charge in [-0.25, -0.2) is 22.9 Å². The van der Waals surface area contributed by atoms with Gasteiger partial charge in [0.25, 0.3) is 0 Å². The lowest BCUT2D eigenvalue weighted by molar-refractivity contribution is 0.0681. The Kier molecular flexibility index (Phi) is 3.99. The van der Waals surface area contributed by atoms with E-state index >= 15 is 0 Å². The zero-order valence-electron chi connectivity index (χ0n) is 12.2. The second kappa shape index (κ2) is 6.11. The number of aromatic nitrogens is 1. The highest BCUT2D eigenvalue weighted by Gasteiger charge is 2.23. The number of ether oxygens (including phenoxy) is 1. The Labute approximate surface area is 134 Å². The zero-order chi connectivity index (χ0) is 17.3. The maximum absolute atomic E-state index is 13.8. The van der Waals surface area contributed by atoms with Crippen LogP contribution in [0.3, 0.4) is 0 Å². The van der Waals surface area contributed by atoms with E-state index in [-0.39, 0.29) is 17.5 Å². The van der Waals surface area contributed by atoms with Gasteiger partial charge in [0.05, 0.1) is 5.52 Å². The van der Waals surface area contributed by atoms with Crippen molar-refractivity contribution in [3.8, 4) is 0 Å². The van der Waals surface area contributed by atoms with E-state index in [1.807, 2.05) is 0 Å². The van der Waals surface area contributed by atoms with Gasteiger partial charge in [-0.15, -0.1) is 0 Å². The van der Waals surface area contributed by atoms with Crippen molar-refractivity contribution >= 4 is 23.0 Å². The molecular formula is C17H11F2NO4. The molecule has 5 nitrogen and oxygen atoms in total. The SMILES string of the molecule is O=C(O)c1cc2c(F)cc(F)cc2n1C(=O)OCc1ccccc1. The minimum atomic E-state index is -1.46. The monoisotopic (exact) mass is 331 g/mol. The molecule has 0 fully saturated rings. The van der Waals surface area contributed by atoms with Gasteiger partial charge in [-0.05, 0) is 17.7 Å². The van der Waals surface area contributed by atoms with Gasteiger partial charge < -0.3 is 9.84 Å². The fraction of sp³-hybridized carbons (Fsp3) is 0.0588. The molecule has 24 heavy (non-hydrogen) atoms. The van der Waals surface area contributed by atoms with Crippen molar-refractivity contribution in [1.29, 1.82) is 0 Å². The number of hydrogen-bond acceptors (Lipinski definition) is 3. The van der Waals surface area contributed by atoms with Crippen LogP contribution in [0.25, 0.3) is 10.9 Å². The van der Waals surface area contributed by atoms with Gasteiger partial charge in [0.1, 0.15) is 23.9 Å². The van der Waals surface area contributed by atoms with E-state index in [1.54, 1.807) is 30.3 Å². The van der Waals surface area contributed by atoms with Crippen LogP contribution < -0.4 is 0 Å². The molecule has 0 aliphatic heterocycles. The lowest BCUT2D eigenvalue weighted by atomic mass is 10.2. The Morgan fingerprint density at radius 3 is 2.46 bits per heavy atom. The van der Waals surface area contributed by atoms with Crippen molar-refractivity contribution < 1.29 is 28.2 Å². The Morgan fingerprint density at radius 2 is 1.79 bits per heavy atom. The van der Waals surface area contributed by atoms with Gasteiger partial charge >= 0.3 is 12.1 Å². The Bertz CT molecular complexity index is 935. The summed E-state index contributed by atoms with van der Waals surface area (Å²) in [5.74, 6) is -3.34. The van der Waals surface area contributed by atoms with Crippen molar-refractivity contribution in [3.63, 3.8) is 0 Å². The number of benzene rings is 2. The first-order chi connectivity index (χ1) is 11.5. The molecule has 0 amide bonds. The Balaban J connectivity index is 2.02. The molecule has 3 aromatic rings. The van der Waals surface area contributed by atoms with E-state index in [9.17, 15) is 23.5 Å². The first-order valence-electron chi connectivity index (χ1n) is 6.92. The molecule has 0 bridgehead atoms. The summed E-state index contributed by atoms with van der Waals surface area (Å²) in [5, 5.41) is 9.04. The summed E-state index contributed by atoms with van der Waals surface area (Å²) in [4.78, 5) is 23.6. The average Bonchev–Trinajstić information content (AvgIpc) is 2.93. The fourth-order valence-electron chi connectivity index (χ4n) is 2.37. The molecule has 0 saturated carbocycles. The lowest BCUT2D eigenvalue weighted by Crippen LogP contribution is -2.18. The maximum Gasteiger partial charge on any atom is 0.419 e. The number of carbonyl (C=O) groups excluding carboxylic acids is 1. The van der Waals surface area contributed by atoms with E-state index in [1.165, 1.54) is 0 Å². The summed E-state index contributed by atoms with van der Waals surface area (Å²) in [6.45, 7) is -0.101. The molecule has 2 aromatic carbocycles. The quantitative estimate of drug-likeness (QED) is 0.792. The molecule has 1 heterocycles. The molecule has 0 aliphatic rings. The van der Waals surface area contributed by atoms with Crippen molar-refractivity contribution in [2.24, 2.45) is 0 Å². The number of halogens is 2. The van der Waals surface area contributed by atoms with Gasteiger partial charge in [0, 0.05) is 11.5 Å². The molecule has 7 heteroatoms. The van der Waals surface area contributed by atoms with Crippen LogP contribution in [0, 0.1) is 11.6 Å². The molecule has 0 saturated heterocycles. The minimum absolute atomic E-state index is 0.101. The van der Waals surface area contributed by atoms with Crippen LogP contribution in [0.4, 0.5) is 13.6 Å². The smallest absolute Gasteiger partial charge is 0.419 e. The van der Waals surface area contributed by atoms with E-state index in [2.05, 4.69) is 0 Å². The number of carboxylic acids is 1. The predicted octanol–water partition coefficient (Wildman–Crippen LogP) is 3.80. The highest BCUT2D eigenvalue weighted by molar-refractivity contribution is 6.01. The van der Waals surface area contributed by atoms with Gasteiger partial charge in [0.15, 0.2) is 0 Å². The molecular weight excluding hydrogens is 320 g/mol. The molecule has 122 valence electrons. The van der Waals surface area contributed by atoms with E-state index in [4.69, 9.17) is 4.74 Å². The number of rotatable bonds is 3. The molecule has 0 atom stereocenters. The van der Waals surface area contributed by atoms with Crippen LogP contribution in [-0.2, 0) is 11.3 Å². The molecule has 1 aromatic heterocycles. The third kappa shape index (κ3) is 2.83. The van der Waals surface area contributed by atoms with Gasteiger partial charge in [0.2, 0.25) is 0 Å². The number of carboxylic acid groups (broad SMARTS) is 1. The molecule has 3 rings (SSSR count). The summed E-state index contributed by atoms with van der Waals surface area (Å²) >= 11 is 0. The predicted molar refractivity (Wildman–Crippen MR) is 80.8 cm³/mol. The average molecular weight is 331 g/mol. The third-order valence-electron chi connectivity index (χ3n) is 3.44. The summed E-state index contributed by atoms with van der Waals surface area (Å²) < 4.78 is 33.0. The Morgan fingerprint density at radius 1 is 1.08 bits per heavy atom. The van der Waals surface area contributed by atoms with Crippen molar-refractivity contribution in [2.75, 3.05) is 0 Å². The molecule has 0 aliphatic carbocycles. The largest absolute Gasteiger partial charge is 0.477 e. The molecule has 0 unspecified atom stereocenters. The second-order valence-corrected chi connectivity index (χ2v) is 5.03. The topological polar surface area (TPSA) is 68.5 Å². The van der Waals surface area contributed by atoms with Crippen LogP contribution in [0.15, 0.2) is 48.5 Å². The normalized spacial score (nSPS) is 10.8. The van der Waals surface area contributed by atoms with Crippen molar-refractivity contribution in [3.05, 3.63) is 71.4 Å². The second-order valence-electron chi connectivity index (χ2n) is 5.03. The number of aromatic carboxylic acids is 1. The van der Waals surface area contributed by atoms with Crippen LogP contribution in [0.1, 0.15) is 16.1 Å². The summed E-state index contributed by atoms with van der Waals surface area (Å²) in [6.07, 6.45) is -1.03. The first kappa shape index (κ1) is 15.7. The highest BCUT2D eigenvalue weighted by atomic mass is 19.1. The van der Waals surface area contributed by atoms with E-state index in [0.29, 0.717) is 16.2 Å². The van der Waals surface area contributed by atoms with Crippen molar-refractivity contribution in [1.82, 2.24) is 4.57 Å². The number of hydrogen-bond donors (Lipinski definition) is 1. The van der Waals surface area contributed by atoms with E-state index < -0.39 is 29.4 Å². The maximum atomic E-state index is 13.8. The summed E-state index contributed by atoms with van der Waals surface area (Å²) in [7, 11) is 0. The van der Waals surface area contributed by atoms with Gasteiger partial charge in [-0.3, -0.25) is 0 Å². The van der Waals surface area contributed by atoms with E-state index in [0.717, 1.165) is 12.1 Å². The van der Waals surface area contributed by atoms with Crippen molar-refractivity contribution in [2.45, 2.75) is 6.61 Å². The minimum Gasteiger partial charge on any atom is -0.477 e.